The first-order chi connectivity index (χ1) is 12.2. The summed E-state index contributed by atoms with van der Waals surface area (Å²) in [6.07, 6.45) is 5.45. The highest BCUT2D eigenvalue weighted by atomic mass is 79.9. The molecule has 0 spiro atoms. The third kappa shape index (κ3) is 3.63. The Morgan fingerprint density at radius 1 is 1.20 bits per heavy atom. The van der Waals surface area contributed by atoms with Crippen LogP contribution < -0.4 is 4.90 Å². The summed E-state index contributed by atoms with van der Waals surface area (Å²) >= 11 is 5.12. The molecular weight excluding hydrogens is 402 g/mol. The number of halogens is 1. The SMILES string of the molecule is O=C1/C(=C/c2cnc(N3CCOCC3)nc2)CSc2ccc(Br)cc21. The van der Waals surface area contributed by atoms with Crippen LogP contribution in [0, 0.1) is 0 Å². The van der Waals surface area contributed by atoms with Gasteiger partial charge in [0.05, 0.1) is 13.2 Å². The second-order valence-corrected chi connectivity index (χ2v) is 7.78. The number of Topliss-reactive ketones (excluding diaryl/α,β-unsaturated/α-hetero) is 1. The van der Waals surface area contributed by atoms with Gasteiger partial charge in [-0.05, 0) is 24.3 Å². The second-order valence-electron chi connectivity index (χ2n) is 5.84. The van der Waals surface area contributed by atoms with Crippen LogP contribution in [0.15, 0.2) is 45.5 Å². The van der Waals surface area contributed by atoms with Crippen molar-refractivity contribution in [1.29, 1.82) is 0 Å². The molecule has 4 rings (SSSR count). The van der Waals surface area contributed by atoms with E-state index in [1.54, 1.807) is 24.2 Å². The Morgan fingerprint density at radius 3 is 2.72 bits per heavy atom. The van der Waals surface area contributed by atoms with Crippen LogP contribution in [0.2, 0.25) is 0 Å². The zero-order chi connectivity index (χ0) is 17.2. The molecule has 0 N–H and O–H groups in total. The summed E-state index contributed by atoms with van der Waals surface area (Å²) in [5.74, 6) is 1.45. The number of carbonyl (C=O) groups excluding carboxylic acids is 1. The molecule has 2 aliphatic rings. The van der Waals surface area contributed by atoms with Crippen molar-refractivity contribution in [3.63, 3.8) is 0 Å². The molecule has 5 nitrogen and oxygen atoms in total. The molecule has 25 heavy (non-hydrogen) atoms. The Labute approximate surface area is 158 Å². The molecule has 7 heteroatoms. The molecule has 128 valence electrons. The molecule has 0 aliphatic carbocycles. The van der Waals surface area contributed by atoms with Crippen molar-refractivity contribution < 1.29 is 9.53 Å². The smallest absolute Gasteiger partial charge is 0.225 e. The van der Waals surface area contributed by atoms with Crippen molar-refractivity contribution in [2.24, 2.45) is 0 Å². The van der Waals surface area contributed by atoms with Gasteiger partial charge in [0.1, 0.15) is 0 Å². The summed E-state index contributed by atoms with van der Waals surface area (Å²) in [6.45, 7) is 3.02. The number of morpholine rings is 1. The molecule has 0 bridgehead atoms. The van der Waals surface area contributed by atoms with Gasteiger partial charge in [-0.2, -0.15) is 0 Å². The predicted molar refractivity (Wildman–Crippen MR) is 102 cm³/mol. The van der Waals surface area contributed by atoms with E-state index in [2.05, 4.69) is 30.8 Å². The largest absolute Gasteiger partial charge is 0.378 e. The minimum atomic E-state index is 0.0762. The normalized spacial score (nSPS) is 19.2. The Morgan fingerprint density at radius 2 is 1.96 bits per heavy atom. The van der Waals surface area contributed by atoms with Gasteiger partial charge in [0.15, 0.2) is 5.78 Å². The van der Waals surface area contributed by atoms with E-state index in [9.17, 15) is 4.79 Å². The number of ketones is 1. The molecule has 1 fully saturated rings. The highest BCUT2D eigenvalue weighted by Crippen LogP contribution is 2.34. The maximum absolute atomic E-state index is 12.7. The lowest BCUT2D eigenvalue weighted by Crippen LogP contribution is -2.37. The lowest BCUT2D eigenvalue weighted by atomic mass is 10.0. The summed E-state index contributed by atoms with van der Waals surface area (Å²) in [7, 11) is 0. The van der Waals surface area contributed by atoms with Crippen LogP contribution in [0.5, 0.6) is 0 Å². The Bertz CT molecular complexity index is 833. The topological polar surface area (TPSA) is 55.3 Å². The van der Waals surface area contributed by atoms with E-state index in [4.69, 9.17) is 4.74 Å². The lowest BCUT2D eigenvalue weighted by molar-refractivity contribution is 0.103. The molecule has 2 aliphatic heterocycles. The molecular formula is C18H16BrN3O2S. The van der Waals surface area contributed by atoms with Crippen molar-refractivity contribution in [1.82, 2.24) is 9.97 Å². The molecule has 0 radical (unpaired) electrons. The van der Waals surface area contributed by atoms with E-state index >= 15 is 0 Å². The molecule has 1 aromatic carbocycles. The number of hydrogen-bond donors (Lipinski definition) is 0. The van der Waals surface area contributed by atoms with Crippen LogP contribution in [-0.2, 0) is 4.74 Å². The average Bonchev–Trinajstić information content (AvgIpc) is 2.66. The van der Waals surface area contributed by atoms with E-state index in [1.165, 1.54) is 0 Å². The van der Waals surface area contributed by atoms with E-state index in [0.717, 1.165) is 39.2 Å². The zero-order valence-corrected chi connectivity index (χ0v) is 15.8. The zero-order valence-electron chi connectivity index (χ0n) is 13.4. The van der Waals surface area contributed by atoms with E-state index < -0.39 is 0 Å². The van der Waals surface area contributed by atoms with Crippen LogP contribution in [0.25, 0.3) is 6.08 Å². The van der Waals surface area contributed by atoms with E-state index in [0.29, 0.717) is 24.9 Å². The summed E-state index contributed by atoms with van der Waals surface area (Å²) in [5.41, 5.74) is 2.38. The standard InChI is InChI=1S/C18H16BrN3O2S/c19-14-1-2-16-15(8-14)17(23)13(11-25-16)7-12-9-20-18(21-10-12)22-3-5-24-6-4-22/h1-2,7-10H,3-6,11H2/b13-7+. The minimum absolute atomic E-state index is 0.0762. The van der Waals surface area contributed by atoms with Crippen LogP contribution in [-0.4, -0.2) is 47.8 Å². The van der Waals surface area contributed by atoms with Gasteiger partial charge >= 0.3 is 0 Å². The Kier molecular flexibility index (Phi) is 4.87. The lowest BCUT2D eigenvalue weighted by Gasteiger charge is -2.26. The minimum Gasteiger partial charge on any atom is -0.378 e. The molecule has 2 aromatic rings. The quantitative estimate of drug-likeness (QED) is 0.697. The second kappa shape index (κ2) is 7.27. The molecule has 1 saturated heterocycles. The highest BCUT2D eigenvalue weighted by Gasteiger charge is 2.22. The number of ether oxygens (including phenoxy) is 1. The first-order valence-electron chi connectivity index (χ1n) is 8.03. The summed E-state index contributed by atoms with van der Waals surface area (Å²) in [4.78, 5) is 24.7. The summed E-state index contributed by atoms with van der Waals surface area (Å²) in [5, 5.41) is 0. The molecule has 1 aromatic heterocycles. The van der Waals surface area contributed by atoms with Crippen molar-refractivity contribution >= 4 is 45.5 Å². The molecule has 3 heterocycles. The number of nitrogens with zero attached hydrogens (tertiary/aromatic N) is 3. The fraction of sp³-hybridized carbons (Fsp3) is 0.278. The van der Waals surface area contributed by atoms with Gasteiger partial charge in [-0.3, -0.25) is 4.79 Å². The van der Waals surface area contributed by atoms with Crippen LogP contribution >= 0.6 is 27.7 Å². The number of aromatic nitrogens is 2. The number of thioether (sulfide) groups is 1. The van der Waals surface area contributed by atoms with Crippen LogP contribution in [0.1, 0.15) is 15.9 Å². The summed E-state index contributed by atoms with van der Waals surface area (Å²) < 4.78 is 6.26. The van der Waals surface area contributed by atoms with Gasteiger partial charge < -0.3 is 9.64 Å². The molecule has 0 amide bonds. The molecule has 0 saturated carbocycles. The number of benzene rings is 1. The fourth-order valence-electron chi connectivity index (χ4n) is 2.84. The van der Waals surface area contributed by atoms with E-state index in [1.807, 2.05) is 24.3 Å². The number of rotatable bonds is 2. The average molecular weight is 418 g/mol. The first-order valence-corrected chi connectivity index (χ1v) is 9.81. The van der Waals surface area contributed by atoms with Crippen LogP contribution in [0.4, 0.5) is 5.95 Å². The van der Waals surface area contributed by atoms with Crippen molar-refractivity contribution in [2.45, 2.75) is 4.90 Å². The first kappa shape index (κ1) is 16.8. The third-order valence-electron chi connectivity index (χ3n) is 4.15. The van der Waals surface area contributed by atoms with Crippen molar-refractivity contribution in [3.05, 3.63) is 51.8 Å². The maximum atomic E-state index is 12.7. The number of carbonyl (C=O) groups is 1. The molecule has 0 atom stereocenters. The van der Waals surface area contributed by atoms with E-state index in [-0.39, 0.29) is 5.78 Å². The van der Waals surface area contributed by atoms with Gasteiger partial charge in [-0.1, -0.05) is 15.9 Å². The van der Waals surface area contributed by atoms with Gasteiger partial charge in [-0.25, -0.2) is 9.97 Å². The van der Waals surface area contributed by atoms with Crippen molar-refractivity contribution in [3.8, 4) is 0 Å². The number of anilines is 1. The Hall–Kier alpha value is -1.70. The van der Waals surface area contributed by atoms with Gasteiger partial charge in [0, 0.05) is 57.3 Å². The highest BCUT2D eigenvalue weighted by molar-refractivity contribution is 9.10. The van der Waals surface area contributed by atoms with Gasteiger partial charge in [0.25, 0.3) is 0 Å². The fourth-order valence-corrected chi connectivity index (χ4v) is 4.20. The predicted octanol–water partition coefficient (Wildman–Crippen LogP) is 3.45. The Balaban J connectivity index is 1.55. The molecule has 0 unspecified atom stereocenters. The number of hydrogen-bond acceptors (Lipinski definition) is 6. The third-order valence-corrected chi connectivity index (χ3v) is 5.77. The summed E-state index contributed by atoms with van der Waals surface area (Å²) in [6, 6.07) is 5.83. The van der Waals surface area contributed by atoms with Gasteiger partial charge in [-0.15, -0.1) is 11.8 Å². The number of fused-ring (bicyclic) bond motifs is 1. The maximum Gasteiger partial charge on any atom is 0.225 e. The van der Waals surface area contributed by atoms with Crippen LogP contribution in [0.3, 0.4) is 0 Å². The van der Waals surface area contributed by atoms with Crippen molar-refractivity contribution in [2.75, 3.05) is 37.0 Å². The monoisotopic (exact) mass is 417 g/mol. The van der Waals surface area contributed by atoms with Gasteiger partial charge in [0.2, 0.25) is 5.95 Å².